The van der Waals surface area contributed by atoms with Crippen LogP contribution in [0.3, 0.4) is 0 Å². The number of nitrogens with two attached hydrogens (primary N) is 1. The summed E-state index contributed by atoms with van der Waals surface area (Å²) in [6.07, 6.45) is 0. The number of hydrogen-bond donors (Lipinski definition) is 3. The first-order chi connectivity index (χ1) is 10.0. The molecule has 0 saturated carbocycles. The molecule has 2 aromatic rings. The zero-order valence-corrected chi connectivity index (χ0v) is 12.1. The lowest BCUT2D eigenvalue weighted by Gasteiger charge is -2.12. The SMILES string of the molecule is COc1cccc(C(=O)Nc2ccccc2C(N)=S)c1O. The van der Waals surface area contributed by atoms with Crippen molar-refractivity contribution >= 4 is 28.8 Å². The maximum Gasteiger partial charge on any atom is 0.259 e. The smallest absolute Gasteiger partial charge is 0.259 e. The van der Waals surface area contributed by atoms with Gasteiger partial charge in [0, 0.05) is 5.56 Å². The summed E-state index contributed by atoms with van der Waals surface area (Å²) in [5.41, 5.74) is 6.76. The molecule has 0 unspecified atom stereocenters. The van der Waals surface area contributed by atoms with Crippen molar-refractivity contribution < 1.29 is 14.6 Å². The maximum atomic E-state index is 12.3. The Morgan fingerprint density at radius 2 is 1.86 bits per heavy atom. The van der Waals surface area contributed by atoms with Gasteiger partial charge in [0.25, 0.3) is 5.91 Å². The molecule has 108 valence electrons. The van der Waals surface area contributed by atoms with Gasteiger partial charge in [0.15, 0.2) is 11.5 Å². The molecule has 0 bridgehead atoms. The molecule has 1 amide bonds. The molecule has 0 aliphatic carbocycles. The summed E-state index contributed by atoms with van der Waals surface area (Å²) < 4.78 is 4.98. The van der Waals surface area contributed by atoms with Crippen LogP contribution in [0.2, 0.25) is 0 Å². The molecule has 2 aromatic carbocycles. The first kappa shape index (κ1) is 14.8. The largest absolute Gasteiger partial charge is 0.504 e. The van der Waals surface area contributed by atoms with E-state index in [1.807, 2.05) is 0 Å². The first-order valence-corrected chi connectivity index (χ1v) is 6.51. The Kier molecular flexibility index (Phi) is 4.39. The normalized spacial score (nSPS) is 9.95. The molecule has 0 atom stereocenters. The van der Waals surface area contributed by atoms with E-state index in [0.29, 0.717) is 11.3 Å². The van der Waals surface area contributed by atoms with E-state index in [1.165, 1.54) is 13.2 Å². The highest BCUT2D eigenvalue weighted by molar-refractivity contribution is 7.80. The second kappa shape index (κ2) is 6.23. The van der Waals surface area contributed by atoms with Crippen molar-refractivity contribution in [1.82, 2.24) is 0 Å². The number of nitrogens with one attached hydrogen (secondary N) is 1. The summed E-state index contributed by atoms with van der Waals surface area (Å²) >= 11 is 4.94. The molecule has 0 spiro atoms. The van der Waals surface area contributed by atoms with Crippen LogP contribution in [0, 0.1) is 0 Å². The van der Waals surface area contributed by atoms with Crippen LogP contribution in [0.5, 0.6) is 11.5 Å². The van der Waals surface area contributed by atoms with Gasteiger partial charge in [-0.15, -0.1) is 0 Å². The number of anilines is 1. The number of hydrogen-bond acceptors (Lipinski definition) is 4. The van der Waals surface area contributed by atoms with Gasteiger partial charge in [-0.3, -0.25) is 4.79 Å². The van der Waals surface area contributed by atoms with Crippen molar-refractivity contribution in [1.29, 1.82) is 0 Å². The highest BCUT2D eigenvalue weighted by Gasteiger charge is 2.16. The van der Waals surface area contributed by atoms with Gasteiger partial charge in [-0.05, 0) is 24.3 Å². The Morgan fingerprint density at radius 3 is 2.52 bits per heavy atom. The van der Waals surface area contributed by atoms with Gasteiger partial charge in [-0.25, -0.2) is 0 Å². The van der Waals surface area contributed by atoms with E-state index < -0.39 is 5.91 Å². The predicted molar refractivity (Wildman–Crippen MR) is 84.9 cm³/mol. The predicted octanol–water partition coefficient (Wildman–Crippen LogP) is 2.29. The van der Waals surface area contributed by atoms with Crippen LogP contribution >= 0.6 is 12.2 Å². The van der Waals surface area contributed by atoms with Crippen LogP contribution in [-0.4, -0.2) is 23.1 Å². The van der Waals surface area contributed by atoms with Crippen molar-refractivity contribution in [2.24, 2.45) is 5.73 Å². The number of carbonyl (C=O) groups excluding carboxylic acids is 1. The van der Waals surface area contributed by atoms with Crippen molar-refractivity contribution in [3.63, 3.8) is 0 Å². The number of phenolic OH excluding ortho intramolecular Hbond substituents is 1. The highest BCUT2D eigenvalue weighted by Crippen LogP contribution is 2.30. The van der Waals surface area contributed by atoms with Crippen LogP contribution < -0.4 is 15.8 Å². The van der Waals surface area contributed by atoms with E-state index in [9.17, 15) is 9.90 Å². The third-order valence-corrected chi connectivity index (χ3v) is 3.12. The van der Waals surface area contributed by atoms with E-state index in [1.54, 1.807) is 36.4 Å². The fourth-order valence-electron chi connectivity index (χ4n) is 1.87. The minimum absolute atomic E-state index is 0.104. The molecular weight excluding hydrogens is 288 g/mol. The van der Waals surface area contributed by atoms with Crippen molar-refractivity contribution in [2.45, 2.75) is 0 Å². The molecule has 0 aliphatic heterocycles. The number of amides is 1. The quantitative estimate of drug-likeness (QED) is 0.755. The molecule has 0 fully saturated rings. The van der Waals surface area contributed by atoms with Crippen molar-refractivity contribution in [3.8, 4) is 11.5 Å². The molecule has 0 aliphatic rings. The van der Waals surface area contributed by atoms with E-state index in [-0.39, 0.29) is 22.1 Å². The number of rotatable bonds is 4. The van der Waals surface area contributed by atoms with Gasteiger partial charge in [-0.1, -0.05) is 30.4 Å². The Labute approximate surface area is 127 Å². The van der Waals surface area contributed by atoms with E-state index in [0.717, 1.165) is 0 Å². The number of benzene rings is 2. The lowest BCUT2D eigenvalue weighted by molar-refractivity contribution is 0.102. The van der Waals surface area contributed by atoms with Crippen LogP contribution in [0.1, 0.15) is 15.9 Å². The van der Waals surface area contributed by atoms with Gasteiger partial charge in [0.1, 0.15) is 4.99 Å². The second-order valence-electron chi connectivity index (χ2n) is 4.22. The van der Waals surface area contributed by atoms with E-state index in [4.69, 9.17) is 22.7 Å². The zero-order chi connectivity index (χ0) is 15.4. The minimum atomic E-state index is -0.477. The lowest BCUT2D eigenvalue weighted by atomic mass is 10.1. The standard InChI is InChI=1S/C15H14N2O3S/c1-20-12-8-4-6-10(13(12)18)15(19)17-11-7-3-2-5-9(11)14(16)21/h2-8,18H,1H3,(H2,16,21)(H,17,19). The van der Waals surface area contributed by atoms with Crippen molar-refractivity contribution in [3.05, 3.63) is 53.6 Å². The summed E-state index contributed by atoms with van der Waals surface area (Å²) in [5.74, 6) is -0.467. The van der Waals surface area contributed by atoms with Gasteiger partial charge >= 0.3 is 0 Å². The zero-order valence-electron chi connectivity index (χ0n) is 11.3. The number of carbonyl (C=O) groups is 1. The number of methoxy groups -OCH3 is 1. The lowest BCUT2D eigenvalue weighted by Crippen LogP contribution is -2.17. The fourth-order valence-corrected chi connectivity index (χ4v) is 2.04. The molecule has 2 rings (SSSR count). The summed E-state index contributed by atoms with van der Waals surface area (Å²) in [6.45, 7) is 0. The summed E-state index contributed by atoms with van der Waals surface area (Å²) in [5, 5.41) is 12.7. The Balaban J connectivity index is 2.33. The van der Waals surface area contributed by atoms with E-state index in [2.05, 4.69) is 5.32 Å². The number of para-hydroxylation sites is 2. The van der Waals surface area contributed by atoms with Crippen LogP contribution in [0.4, 0.5) is 5.69 Å². The van der Waals surface area contributed by atoms with Crippen molar-refractivity contribution in [2.75, 3.05) is 12.4 Å². The Hall–Kier alpha value is -2.60. The molecule has 0 saturated heterocycles. The van der Waals surface area contributed by atoms with Gasteiger partial charge in [0.2, 0.25) is 0 Å². The molecular formula is C15H14N2O3S. The summed E-state index contributed by atoms with van der Waals surface area (Å²) in [6, 6.07) is 11.6. The molecule has 0 radical (unpaired) electrons. The number of phenols is 1. The Morgan fingerprint density at radius 1 is 1.19 bits per heavy atom. The fraction of sp³-hybridized carbons (Fsp3) is 0.0667. The number of thiocarbonyl (C=S) groups is 1. The van der Waals surface area contributed by atoms with Gasteiger partial charge < -0.3 is 20.9 Å². The average Bonchev–Trinajstić information content (AvgIpc) is 2.47. The maximum absolute atomic E-state index is 12.3. The monoisotopic (exact) mass is 302 g/mol. The molecule has 6 heteroatoms. The minimum Gasteiger partial charge on any atom is -0.504 e. The van der Waals surface area contributed by atoms with Gasteiger partial charge in [-0.2, -0.15) is 0 Å². The topological polar surface area (TPSA) is 84.6 Å². The molecule has 0 aromatic heterocycles. The average molecular weight is 302 g/mol. The van der Waals surface area contributed by atoms with Crippen LogP contribution in [0.15, 0.2) is 42.5 Å². The highest BCUT2D eigenvalue weighted by atomic mass is 32.1. The van der Waals surface area contributed by atoms with Gasteiger partial charge in [0.05, 0.1) is 18.4 Å². The molecule has 5 nitrogen and oxygen atoms in total. The van der Waals surface area contributed by atoms with Crippen LogP contribution in [0.25, 0.3) is 0 Å². The Bertz CT molecular complexity index is 701. The third-order valence-electron chi connectivity index (χ3n) is 2.90. The molecule has 0 heterocycles. The molecule has 4 N–H and O–H groups in total. The number of aromatic hydroxyl groups is 1. The van der Waals surface area contributed by atoms with E-state index >= 15 is 0 Å². The third kappa shape index (κ3) is 3.11. The summed E-state index contributed by atoms with van der Waals surface area (Å²) in [4.78, 5) is 12.4. The second-order valence-corrected chi connectivity index (χ2v) is 4.66. The van der Waals surface area contributed by atoms with Crippen LogP contribution in [-0.2, 0) is 0 Å². The number of ether oxygens (including phenoxy) is 1. The molecule has 21 heavy (non-hydrogen) atoms. The first-order valence-electron chi connectivity index (χ1n) is 6.10. The summed E-state index contributed by atoms with van der Waals surface area (Å²) in [7, 11) is 1.42.